The fourth-order valence-electron chi connectivity index (χ4n) is 4.78. The van der Waals surface area contributed by atoms with Crippen molar-refractivity contribution in [2.45, 2.75) is 44.9 Å². The number of carbonyl (C=O) groups excluding carboxylic acids is 1. The van der Waals surface area contributed by atoms with E-state index in [1.807, 2.05) is 24.3 Å². The third-order valence-electron chi connectivity index (χ3n) is 6.85. The van der Waals surface area contributed by atoms with Gasteiger partial charge >= 0.3 is 5.63 Å². The molecule has 2 heterocycles. The third-order valence-corrected chi connectivity index (χ3v) is 6.85. The van der Waals surface area contributed by atoms with Crippen LogP contribution in [0.2, 0.25) is 0 Å². The topological polar surface area (TPSA) is 101 Å². The number of nitrogens with one attached hydrogen (secondary N) is 2. The molecule has 1 aromatic heterocycles. The van der Waals surface area contributed by atoms with Gasteiger partial charge in [0.15, 0.2) is 0 Å². The molecule has 3 aromatic rings. The van der Waals surface area contributed by atoms with Gasteiger partial charge in [0, 0.05) is 22.9 Å². The van der Waals surface area contributed by atoms with E-state index in [0.29, 0.717) is 30.4 Å². The van der Waals surface area contributed by atoms with Crippen LogP contribution in [-0.2, 0) is 17.6 Å². The van der Waals surface area contributed by atoms with Crippen molar-refractivity contribution < 1.29 is 23.5 Å². The first kappa shape index (κ1) is 25.9. The molecule has 1 aliphatic rings. The summed E-state index contributed by atoms with van der Waals surface area (Å²) in [5, 5.41) is 13.2. The van der Waals surface area contributed by atoms with Gasteiger partial charge in [0.05, 0.1) is 6.61 Å². The van der Waals surface area contributed by atoms with Gasteiger partial charge in [-0.15, -0.1) is 0 Å². The summed E-state index contributed by atoms with van der Waals surface area (Å²) in [7, 11) is 0. The molecule has 2 aromatic carbocycles. The van der Waals surface area contributed by atoms with Crippen molar-refractivity contribution in [3.63, 3.8) is 0 Å². The highest BCUT2D eigenvalue weighted by molar-refractivity contribution is 5.79. The second kappa shape index (κ2) is 12.6. The van der Waals surface area contributed by atoms with Crippen LogP contribution >= 0.6 is 0 Å². The van der Waals surface area contributed by atoms with Gasteiger partial charge in [0.1, 0.15) is 17.1 Å². The van der Waals surface area contributed by atoms with Crippen molar-refractivity contribution in [2.24, 2.45) is 11.8 Å². The minimum absolute atomic E-state index is 0.0970. The highest BCUT2D eigenvalue weighted by Gasteiger charge is 2.21. The highest BCUT2D eigenvalue weighted by atomic mass is 19.1. The van der Waals surface area contributed by atoms with E-state index in [2.05, 4.69) is 5.32 Å². The number of aryl methyl sites for hydroxylation is 1. The molecule has 1 aliphatic heterocycles. The quantitative estimate of drug-likeness (QED) is 0.158. The van der Waals surface area contributed by atoms with E-state index in [-0.39, 0.29) is 12.0 Å². The summed E-state index contributed by atoms with van der Waals surface area (Å²) in [4.78, 5) is 24.7. The van der Waals surface area contributed by atoms with E-state index in [0.717, 1.165) is 42.8 Å². The molecule has 7 nitrogen and oxygen atoms in total. The van der Waals surface area contributed by atoms with Gasteiger partial charge < -0.3 is 14.5 Å². The van der Waals surface area contributed by atoms with Crippen molar-refractivity contribution in [1.82, 2.24) is 10.8 Å². The highest BCUT2D eigenvalue weighted by Crippen LogP contribution is 2.21. The summed E-state index contributed by atoms with van der Waals surface area (Å²) in [6, 6.07) is 13.3. The smallest absolute Gasteiger partial charge is 0.339 e. The average Bonchev–Trinajstić information content (AvgIpc) is 2.90. The van der Waals surface area contributed by atoms with E-state index in [4.69, 9.17) is 9.15 Å². The third kappa shape index (κ3) is 7.15. The van der Waals surface area contributed by atoms with Crippen LogP contribution in [0.25, 0.3) is 11.0 Å². The molecule has 0 aliphatic carbocycles. The summed E-state index contributed by atoms with van der Waals surface area (Å²) in [6.45, 7) is 2.93. The van der Waals surface area contributed by atoms with Gasteiger partial charge in [-0.25, -0.2) is 14.7 Å². The number of rotatable bonds is 11. The van der Waals surface area contributed by atoms with Crippen molar-refractivity contribution in [1.29, 1.82) is 0 Å². The molecule has 0 radical (unpaired) electrons. The molecule has 0 bridgehead atoms. The van der Waals surface area contributed by atoms with Gasteiger partial charge in [0.2, 0.25) is 5.91 Å². The SMILES string of the molecule is O=C(NO)C(CCc1ccc(OCCCC2CCCNC2)cc1)Cc1cc2ccc(F)cc2oc1=O. The van der Waals surface area contributed by atoms with E-state index in [9.17, 15) is 19.2 Å². The average molecular weight is 497 g/mol. The molecular weight excluding hydrogens is 463 g/mol. The maximum atomic E-state index is 13.4. The molecule has 36 heavy (non-hydrogen) atoms. The molecular formula is C28H33FN2O5. The van der Waals surface area contributed by atoms with Crippen LogP contribution < -0.4 is 21.2 Å². The molecule has 0 spiro atoms. The molecule has 4 rings (SSSR count). The first-order chi connectivity index (χ1) is 17.5. The van der Waals surface area contributed by atoms with Crippen molar-refractivity contribution >= 4 is 16.9 Å². The zero-order chi connectivity index (χ0) is 25.3. The monoisotopic (exact) mass is 496 g/mol. The number of piperidine rings is 1. The zero-order valence-corrected chi connectivity index (χ0v) is 20.3. The van der Waals surface area contributed by atoms with Crippen LogP contribution in [0, 0.1) is 17.7 Å². The molecule has 1 fully saturated rings. The summed E-state index contributed by atoms with van der Waals surface area (Å²) in [5.41, 5.74) is 2.56. The number of ether oxygens (including phenoxy) is 1. The lowest BCUT2D eigenvalue weighted by molar-refractivity contribution is -0.133. The van der Waals surface area contributed by atoms with Gasteiger partial charge in [-0.1, -0.05) is 12.1 Å². The van der Waals surface area contributed by atoms with Gasteiger partial charge in [-0.05, 0) is 99.8 Å². The van der Waals surface area contributed by atoms with Crippen LogP contribution in [0.5, 0.6) is 5.75 Å². The molecule has 8 heteroatoms. The molecule has 2 unspecified atom stereocenters. The Morgan fingerprint density at radius 3 is 2.81 bits per heavy atom. The van der Waals surface area contributed by atoms with E-state index < -0.39 is 23.3 Å². The number of hydrogen-bond acceptors (Lipinski definition) is 6. The first-order valence-corrected chi connectivity index (χ1v) is 12.6. The molecule has 1 amide bonds. The summed E-state index contributed by atoms with van der Waals surface area (Å²) < 4.78 is 24.5. The Morgan fingerprint density at radius 1 is 1.22 bits per heavy atom. The van der Waals surface area contributed by atoms with Crippen LogP contribution in [0.3, 0.4) is 0 Å². The van der Waals surface area contributed by atoms with Gasteiger partial charge in [-0.3, -0.25) is 10.0 Å². The summed E-state index contributed by atoms with van der Waals surface area (Å²) >= 11 is 0. The maximum Gasteiger partial charge on any atom is 0.339 e. The van der Waals surface area contributed by atoms with Crippen molar-refractivity contribution in [2.75, 3.05) is 19.7 Å². The zero-order valence-electron chi connectivity index (χ0n) is 20.3. The minimum atomic E-state index is -0.638. The lowest BCUT2D eigenvalue weighted by Crippen LogP contribution is -2.31. The normalized spacial score (nSPS) is 16.6. The van der Waals surface area contributed by atoms with E-state index in [1.54, 1.807) is 11.5 Å². The summed E-state index contributed by atoms with van der Waals surface area (Å²) in [5.74, 6) is -0.139. The standard InChI is InChI=1S/C28H33FN2O5/c29-24-10-9-21-15-23(28(33)36-26(21)17-24)16-22(27(32)31-34)8-5-19-6-11-25(12-7-19)35-14-2-4-20-3-1-13-30-18-20/h6-7,9-12,15,17,20,22,30,34H,1-5,8,13-14,16,18H2,(H,31,32). The predicted molar refractivity (Wildman–Crippen MR) is 135 cm³/mol. The fourth-order valence-corrected chi connectivity index (χ4v) is 4.78. The Kier molecular flexibility index (Phi) is 9.08. The van der Waals surface area contributed by atoms with Gasteiger partial charge in [0.25, 0.3) is 0 Å². The second-order valence-corrected chi connectivity index (χ2v) is 9.50. The number of hydrogen-bond donors (Lipinski definition) is 3. The first-order valence-electron chi connectivity index (χ1n) is 12.6. The molecule has 0 saturated carbocycles. The van der Waals surface area contributed by atoms with Crippen LogP contribution in [0.15, 0.2) is 57.7 Å². The number of hydroxylamine groups is 1. The minimum Gasteiger partial charge on any atom is -0.494 e. The van der Waals surface area contributed by atoms with Crippen LogP contribution in [0.1, 0.15) is 43.2 Å². The lowest BCUT2D eigenvalue weighted by Gasteiger charge is -2.22. The van der Waals surface area contributed by atoms with E-state index >= 15 is 0 Å². The molecule has 3 N–H and O–H groups in total. The predicted octanol–water partition coefficient (Wildman–Crippen LogP) is 4.39. The summed E-state index contributed by atoms with van der Waals surface area (Å²) in [6.07, 6.45) is 5.85. The Labute approximate surface area is 209 Å². The van der Waals surface area contributed by atoms with Gasteiger partial charge in [-0.2, -0.15) is 0 Å². The van der Waals surface area contributed by atoms with E-state index in [1.165, 1.54) is 31.4 Å². The Hall–Kier alpha value is -3.23. The van der Waals surface area contributed by atoms with Crippen LogP contribution in [0.4, 0.5) is 4.39 Å². The molecule has 192 valence electrons. The number of carbonyl (C=O) groups is 1. The molecule has 1 saturated heterocycles. The Bertz CT molecular complexity index is 1200. The number of amides is 1. The maximum absolute atomic E-state index is 13.4. The van der Waals surface area contributed by atoms with Crippen molar-refractivity contribution in [3.8, 4) is 5.75 Å². The van der Waals surface area contributed by atoms with Crippen molar-refractivity contribution in [3.05, 3.63) is 75.9 Å². The number of fused-ring (bicyclic) bond motifs is 1. The van der Waals surface area contributed by atoms with Crippen LogP contribution in [-0.4, -0.2) is 30.8 Å². The largest absolute Gasteiger partial charge is 0.494 e. The Balaban J connectivity index is 1.30. The second-order valence-electron chi connectivity index (χ2n) is 9.50. The number of benzene rings is 2. The Morgan fingerprint density at radius 2 is 2.06 bits per heavy atom. The lowest BCUT2D eigenvalue weighted by atomic mass is 9.92. The molecule has 2 atom stereocenters. The number of halogens is 1. The fraction of sp³-hybridized carbons (Fsp3) is 0.429.